The van der Waals surface area contributed by atoms with Crippen molar-refractivity contribution in [2.75, 3.05) is 6.54 Å². The van der Waals surface area contributed by atoms with Gasteiger partial charge in [-0.2, -0.15) is 0 Å². The summed E-state index contributed by atoms with van der Waals surface area (Å²) >= 11 is 0. The van der Waals surface area contributed by atoms with Gasteiger partial charge in [-0.25, -0.2) is 4.79 Å². The molecule has 0 heterocycles. The van der Waals surface area contributed by atoms with E-state index in [0.29, 0.717) is 18.5 Å². The molecule has 0 aromatic heterocycles. The molecule has 30 heavy (non-hydrogen) atoms. The van der Waals surface area contributed by atoms with Gasteiger partial charge < -0.3 is 10.0 Å². The van der Waals surface area contributed by atoms with Crippen molar-refractivity contribution in [1.82, 2.24) is 4.90 Å². The van der Waals surface area contributed by atoms with Crippen LogP contribution < -0.4 is 0 Å². The number of carbonyl (C=O) groups excluding carboxylic acids is 1. The van der Waals surface area contributed by atoms with Gasteiger partial charge in [-0.15, -0.1) is 0 Å². The molecule has 1 amide bonds. The maximum atomic E-state index is 13.7. The highest BCUT2D eigenvalue weighted by Gasteiger charge is 2.51. The number of carbonyl (C=O) groups is 2. The van der Waals surface area contributed by atoms with E-state index in [1.165, 1.54) is 0 Å². The average molecular weight is 418 g/mol. The van der Waals surface area contributed by atoms with Crippen LogP contribution >= 0.6 is 0 Å². The molecule has 1 unspecified atom stereocenters. The largest absolute Gasteiger partial charge is 0.479 e. The molecule has 0 saturated heterocycles. The maximum Gasteiger partial charge on any atom is 0.329 e. The molecule has 4 nitrogen and oxygen atoms in total. The van der Waals surface area contributed by atoms with E-state index in [-0.39, 0.29) is 11.8 Å². The zero-order valence-corrected chi connectivity index (χ0v) is 19.7. The number of unbranched alkanes of at least 4 members (excludes halogenated alkanes) is 4. The Balaban J connectivity index is 3.55. The first-order chi connectivity index (χ1) is 14.5. The summed E-state index contributed by atoms with van der Waals surface area (Å²) in [6.07, 6.45) is 9.78. The molecular formula is C26H43NO3. The number of rotatable bonds is 16. The standard InChI is InChI=1S/C26H43NO3/c1-5-9-18-23(19-10-6-2)26(25(29)30,20-11-7-3)27(21-12-8-4)24(28)22-16-14-13-15-17-22/h13-17,23H,5-12,18-21H2,1-4H3,(H,29,30). The summed E-state index contributed by atoms with van der Waals surface area (Å²) in [7, 11) is 0. The third kappa shape index (κ3) is 6.85. The van der Waals surface area contributed by atoms with Crippen molar-refractivity contribution in [3.8, 4) is 0 Å². The monoisotopic (exact) mass is 417 g/mol. The highest BCUT2D eigenvalue weighted by atomic mass is 16.4. The van der Waals surface area contributed by atoms with Gasteiger partial charge in [-0.1, -0.05) is 90.8 Å². The minimum Gasteiger partial charge on any atom is -0.479 e. The van der Waals surface area contributed by atoms with Crippen molar-refractivity contribution in [2.45, 2.75) is 104 Å². The Kier molecular flexibility index (Phi) is 12.4. The summed E-state index contributed by atoms with van der Waals surface area (Å²) in [5.74, 6) is -0.986. The summed E-state index contributed by atoms with van der Waals surface area (Å²) < 4.78 is 0. The maximum absolute atomic E-state index is 13.7. The molecule has 0 aliphatic heterocycles. The summed E-state index contributed by atoms with van der Waals surface area (Å²) in [6, 6.07) is 9.21. The van der Waals surface area contributed by atoms with Crippen LogP contribution in [0.4, 0.5) is 0 Å². The zero-order valence-electron chi connectivity index (χ0n) is 19.7. The van der Waals surface area contributed by atoms with Crippen molar-refractivity contribution in [3.63, 3.8) is 0 Å². The lowest BCUT2D eigenvalue weighted by atomic mass is 9.72. The fourth-order valence-electron chi connectivity index (χ4n) is 4.46. The van der Waals surface area contributed by atoms with Crippen LogP contribution in [0.1, 0.15) is 109 Å². The van der Waals surface area contributed by atoms with Crippen LogP contribution in [0, 0.1) is 5.92 Å². The topological polar surface area (TPSA) is 57.6 Å². The Hall–Kier alpha value is -1.84. The van der Waals surface area contributed by atoms with Crippen molar-refractivity contribution >= 4 is 11.9 Å². The SMILES string of the molecule is CCCCC(CCCC)C(CCCC)(C(=O)O)N(CCCC)C(=O)c1ccccc1. The van der Waals surface area contributed by atoms with Gasteiger partial charge in [0.25, 0.3) is 5.91 Å². The number of hydrogen-bond acceptors (Lipinski definition) is 2. The van der Waals surface area contributed by atoms with Crippen LogP contribution in [0.2, 0.25) is 0 Å². The lowest BCUT2D eigenvalue weighted by Gasteiger charge is -2.46. The number of aliphatic carboxylic acids is 1. The van der Waals surface area contributed by atoms with Gasteiger partial charge >= 0.3 is 5.97 Å². The molecule has 1 rings (SSSR count). The van der Waals surface area contributed by atoms with Gasteiger partial charge in [0, 0.05) is 12.1 Å². The second-order valence-corrected chi connectivity index (χ2v) is 8.49. The number of nitrogens with zero attached hydrogens (tertiary/aromatic N) is 1. The molecule has 0 radical (unpaired) electrons. The number of carboxylic acid groups (broad SMARTS) is 1. The fourth-order valence-corrected chi connectivity index (χ4v) is 4.46. The predicted octanol–water partition coefficient (Wildman–Crippen LogP) is 6.94. The zero-order chi connectivity index (χ0) is 22.4. The van der Waals surface area contributed by atoms with Crippen LogP contribution in [0.15, 0.2) is 30.3 Å². The highest BCUT2D eigenvalue weighted by Crippen LogP contribution is 2.39. The van der Waals surface area contributed by atoms with E-state index in [4.69, 9.17) is 0 Å². The predicted molar refractivity (Wildman–Crippen MR) is 125 cm³/mol. The molecule has 0 saturated carbocycles. The lowest BCUT2D eigenvalue weighted by Crippen LogP contribution is -2.62. The third-order valence-electron chi connectivity index (χ3n) is 6.25. The molecule has 0 fully saturated rings. The van der Waals surface area contributed by atoms with Gasteiger partial charge in [0.2, 0.25) is 0 Å². The van der Waals surface area contributed by atoms with E-state index in [9.17, 15) is 14.7 Å². The Morgan fingerprint density at radius 2 is 1.40 bits per heavy atom. The van der Waals surface area contributed by atoms with E-state index in [0.717, 1.165) is 64.2 Å². The van der Waals surface area contributed by atoms with E-state index in [1.807, 2.05) is 18.2 Å². The minimum absolute atomic E-state index is 0.0223. The van der Waals surface area contributed by atoms with Crippen molar-refractivity contribution < 1.29 is 14.7 Å². The van der Waals surface area contributed by atoms with Crippen molar-refractivity contribution in [3.05, 3.63) is 35.9 Å². The Bertz CT molecular complexity index is 608. The molecule has 1 aromatic carbocycles. The smallest absolute Gasteiger partial charge is 0.329 e. The fraction of sp³-hybridized carbons (Fsp3) is 0.692. The Labute approximate surface area is 184 Å². The molecule has 170 valence electrons. The van der Waals surface area contributed by atoms with Crippen molar-refractivity contribution in [1.29, 1.82) is 0 Å². The second kappa shape index (κ2) is 14.2. The summed E-state index contributed by atoms with van der Waals surface area (Å²) in [4.78, 5) is 28.5. The first kappa shape index (κ1) is 26.2. The van der Waals surface area contributed by atoms with Crippen LogP contribution in [0.5, 0.6) is 0 Å². The molecule has 0 bridgehead atoms. The number of hydrogen-bond donors (Lipinski definition) is 1. The summed E-state index contributed by atoms with van der Waals surface area (Å²) in [5.41, 5.74) is -0.553. The van der Waals surface area contributed by atoms with E-state index in [2.05, 4.69) is 27.7 Å². The Morgan fingerprint density at radius 3 is 1.87 bits per heavy atom. The van der Waals surface area contributed by atoms with Crippen molar-refractivity contribution in [2.24, 2.45) is 5.92 Å². The second-order valence-electron chi connectivity index (χ2n) is 8.49. The van der Waals surface area contributed by atoms with Gasteiger partial charge in [0.05, 0.1) is 0 Å². The third-order valence-corrected chi connectivity index (χ3v) is 6.25. The number of benzene rings is 1. The van der Waals surface area contributed by atoms with Crippen LogP contribution in [0.3, 0.4) is 0 Å². The number of carboxylic acids is 1. The normalized spacial score (nSPS) is 13.2. The first-order valence-electron chi connectivity index (χ1n) is 12.1. The molecule has 0 aliphatic carbocycles. The highest BCUT2D eigenvalue weighted by molar-refractivity contribution is 5.98. The molecule has 4 heteroatoms. The molecular weight excluding hydrogens is 374 g/mol. The van der Waals surface area contributed by atoms with Crippen LogP contribution in [-0.2, 0) is 4.79 Å². The van der Waals surface area contributed by atoms with E-state index < -0.39 is 11.5 Å². The molecule has 0 spiro atoms. The molecule has 1 aromatic rings. The van der Waals surface area contributed by atoms with Gasteiger partial charge in [0.1, 0.15) is 5.54 Å². The van der Waals surface area contributed by atoms with E-state index >= 15 is 0 Å². The number of amides is 1. The van der Waals surface area contributed by atoms with Crippen LogP contribution in [-0.4, -0.2) is 34.0 Å². The average Bonchev–Trinajstić information content (AvgIpc) is 2.76. The van der Waals surface area contributed by atoms with Gasteiger partial charge in [-0.3, -0.25) is 4.79 Å². The quantitative estimate of drug-likeness (QED) is 0.317. The van der Waals surface area contributed by atoms with Gasteiger partial charge in [0.15, 0.2) is 0 Å². The van der Waals surface area contributed by atoms with E-state index in [1.54, 1.807) is 17.0 Å². The first-order valence-corrected chi connectivity index (χ1v) is 12.1. The molecule has 1 atom stereocenters. The van der Waals surface area contributed by atoms with Gasteiger partial charge in [-0.05, 0) is 43.7 Å². The minimum atomic E-state index is -1.14. The lowest BCUT2D eigenvalue weighted by molar-refractivity contribution is -0.155. The summed E-state index contributed by atoms with van der Waals surface area (Å²) in [5, 5.41) is 10.7. The summed E-state index contributed by atoms with van der Waals surface area (Å²) in [6.45, 7) is 8.97. The Morgan fingerprint density at radius 1 is 0.867 bits per heavy atom. The molecule has 0 aliphatic rings. The molecule has 1 N–H and O–H groups in total. The van der Waals surface area contributed by atoms with Crippen LogP contribution in [0.25, 0.3) is 0 Å².